The van der Waals surface area contributed by atoms with Gasteiger partial charge in [-0.2, -0.15) is 5.06 Å². The third-order valence-corrected chi connectivity index (χ3v) is 4.46. The number of rotatable bonds is 7. The van der Waals surface area contributed by atoms with Gasteiger partial charge in [0.05, 0.1) is 6.10 Å². The summed E-state index contributed by atoms with van der Waals surface area (Å²) < 4.78 is 5.62. The average Bonchev–Trinajstić information content (AvgIpc) is 2.40. The van der Waals surface area contributed by atoms with E-state index < -0.39 is 0 Å². The van der Waals surface area contributed by atoms with Crippen molar-refractivity contribution < 1.29 is 14.4 Å². The molecule has 1 heterocycles. The number of carbonyl (C=O) groups is 1. The fourth-order valence-electron chi connectivity index (χ4n) is 3.61. The maximum atomic E-state index is 11.6. The summed E-state index contributed by atoms with van der Waals surface area (Å²) in [6, 6.07) is 0. The summed E-state index contributed by atoms with van der Waals surface area (Å²) in [7, 11) is 0. The molecule has 0 N–H and O–H groups in total. The van der Waals surface area contributed by atoms with Crippen molar-refractivity contribution in [2.24, 2.45) is 0 Å². The summed E-state index contributed by atoms with van der Waals surface area (Å²) in [5.41, 5.74) is -0.302. The van der Waals surface area contributed by atoms with Crippen LogP contribution >= 0.6 is 0 Å². The molecule has 1 fully saturated rings. The van der Waals surface area contributed by atoms with Crippen LogP contribution in [-0.4, -0.2) is 34.3 Å². The first-order valence-electron chi connectivity index (χ1n) is 8.82. The molecule has 0 spiro atoms. The van der Waals surface area contributed by atoms with Gasteiger partial charge in [-0.05, 0) is 40.5 Å². The molecule has 0 saturated carbocycles. The molecule has 0 bridgehead atoms. The van der Waals surface area contributed by atoms with Crippen LogP contribution in [0.25, 0.3) is 0 Å². The lowest BCUT2D eigenvalue weighted by Gasteiger charge is -2.54. The van der Waals surface area contributed by atoms with Gasteiger partial charge in [0.15, 0.2) is 0 Å². The van der Waals surface area contributed by atoms with Gasteiger partial charge >= 0.3 is 5.97 Å². The zero-order chi connectivity index (χ0) is 17.0. The topological polar surface area (TPSA) is 38.8 Å². The van der Waals surface area contributed by atoms with Gasteiger partial charge in [0.1, 0.15) is 6.10 Å². The van der Waals surface area contributed by atoms with Crippen LogP contribution < -0.4 is 0 Å². The molecule has 0 aromatic carbocycles. The summed E-state index contributed by atoms with van der Waals surface area (Å²) in [6.45, 7) is 14.9. The van der Waals surface area contributed by atoms with E-state index >= 15 is 0 Å². The quantitative estimate of drug-likeness (QED) is 0.650. The molecule has 0 amide bonds. The lowest BCUT2D eigenvalue weighted by molar-refractivity contribution is -0.315. The van der Waals surface area contributed by atoms with Gasteiger partial charge in [-0.25, -0.2) is 0 Å². The van der Waals surface area contributed by atoms with Crippen LogP contribution in [0.3, 0.4) is 0 Å². The molecule has 1 aliphatic rings. The van der Waals surface area contributed by atoms with Crippen LogP contribution in [0.5, 0.6) is 0 Å². The molecule has 0 aromatic heterocycles. The first-order valence-corrected chi connectivity index (χ1v) is 8.82. The zero-order valence-electron chi connectivity index (χ0n) is 15.6. The number of ether oxygens (including phenoxy) is 1. The second-order valence-electron chi connectivity index (χ2n) is 7.72. The second-order valence-corrected chi connectivity index (χ2v) is 7.72. The maximum absolute atomic E-state index is 11.6. The Balaban J connectivity index is 2.84. The van der Waals surface area contributed by atoms with Crippen LogP contribution in [0.15, 0.2) is 0 Å². The summed E-state index contributed by atoms with van der Waals surface area (Å²) >= 11 is 0. The van der Waals surface area contributed by atoms with Gasteiger partial charge in [-0.15, -0.1) is 0 Å². The van der Waals surface area contributed by atoms with E-state index in [1.54, 1.807) is 0 Å². The van der Waals surface area contributed by atoms with Crippen LogP contribution in [0.1, 0.15) is 87.0 Å². The molecule has 4 nitrogen and oxygen atoms in total. The highest BCUT2D eigenvalue weighted by Gasteiger charge is 2.48. The Kier molecular flexibility index (Phi) is 6.87. The lowest BCUT2D eigenvalue weighted by Crippen LogP contribution is -2.62. The molecule has 1 atom stereocenters. The van der Waals surface area contributed by atoms with E-state index in [1.165, 1.54) is 0 Å². The molecule has 1 rings (SSSR count). The highest BCUT2D eigenvalue weighted by Crippen LogP contribution is 2.40. The summed E-state index contributed by atoms with van der Waals surface area (Å²) in [6.07, 6.45) is 5.52. The van der Waals surface area contributed by atoms with Gasteiger partial charge in [0.25, 0.3) is 0 Å². The molecular formula is C18H35NO3. The molecule has 0 aliphatic carbocycles. The molecule has 1 aliphatic heterocycles. The third-order valence-electron chi connectivity index (χ3n) is 4.46. The summed E-state index contributed by atoms with van der Waals surface area (Å²) in [4.78, 5) is 18.0. The minimum Gasteiger partial charge on any atom is -0.462 e. The SMILES string of the molecule is CCCC(CC)ON1C(C)(C)CC(OC(=O)CC)CC1(C)C. The van der Waals surface area contributed by atoms with E-state index in [0.717, 1.165) is 32.1 Å². The first-order chi connectivity index (χ1) is 10.2. The molecule has 1 saturated heterocycles. The molecule has 4 heteroatoms. The highest BCUT2D eigenvalue weighted by atomic mass is 16.7. The van der Waals surface area contributed by atoms with Gasteiger partial charge in [-0.1, -0.05) is 27.2 Å². The van der Waals surface area contributed by atoms with E-state index in [-0.39, 0.29) is 29.3 Å². The van der Waals surface area contributed by atoms with Crippen molar-refractivity contribution in [2.75, 3.05) is 0 Å². The van der Waals surface area contributed by atoms with Crippen molar-refractivity contribution >= 4 is 5.97 Å². The van der Waals surface area contributed by atoms with Crippen molar-refractivity contribution in [3.8, 4) is 0 Å². The number of esters is 1. The van der Waals surface area contributed by atoms with E-state index in [4.69, 9.17) is 9.57 Å². The summed E-state index contributed by atoms with van der Waals surface area (Å²) in [5.74, 6) is -0.108. The van der Waals surface area contributed by atoms with Gasteiger partial charge < -0.3 is 4.74 Å². The number of piperidine rings is 1. The predicted molar refractivity (Wildman–Crippen MR) is 89.5 cm³/mol. The van der Waals surface area contributed by atoms with Gasteiger partial charge in [-0.3, -0.25) is 9.63 Å². The van der Waals surface area contributed by atoms with Crippen LogP contribution in [0.2, 0.25) is 0 Å². The molecular weight excluding hydrogens is 278 g/mol. The Bertz CT molecular complexity index is 347. The molecule has 130 valence electrons. The highest BCUT2D eigenvalue weighted by molar-refractivity contribution is 5.69. The largest absolute Gasteiger partial charge is 0.462 e. The smallest absolute Gasteiger partial charge is 0.305 e. The van der Waals surface area contributed by atoms with Crippen LogP contribution in [-0.2, 0) is 14.4 Å². The normalized spacial score (nSPS) is 23.2. The van der Waals surface area contributed by atoms with E-state index in [9.17, 15) is 4.79 Å². The second kappa shape index (κ2) is 7.78. The van der Waals surface area contributed by atoms with Gasteiger partial charge in [0.2, 0.25) is 0 Å². The fraction of sp³-hybridized carbons (Fsp3) is 0.944. The van der Waals surface area contributed by atoms with E-state index in [0.29, 0.717) is 6.42 Å². The Morgan fingerprint density at radius 1 is 1.14 bits per heavy atom. The fourth-order valence-corrected chi connectivity index (χ4v) is 3.61. The van der Waals surface area contributed by atoms with E-state index in [2.05, 4.69) is 46.6 Å². The average molecular weight is 313 g/mol. The van der Waals surface area contributed by atoms with Crippen molar-refractivity contribution in [2.45, 2.75) is 110 Å². The lowest BCUT2D eigenvalue weighted by atomic mass is 9.80. The third kappa shape index (κ3) is 4.95. The number of nitrogens with zero attached hydrogens (tertiary/aromatic N) is 1. The summed E-state index contributed by atoms with van der Waals surface area (Å²) in [5, 5.41) is 2.17. The molecule has 22 heavy (non-hydrogen) atoms. The Morgan fingerprint density at radius 3 is 2.09 bits per heavy atom. The van der Waals surface area contributed by atoms with Crippen molar-refractivity contribution in [1.29, 1.82) is 0 Å². The first kappa shape index (κ1) is 19.4. The zero-order valence-corrected chi connectivity index (χ0v) is 15.6. The van der Waals surface area contributed by atoms with Gasteiger partial charge in [0, 0.05) is 30.3 Å². The Labute approximate surface area is 136 Å². The van der Waals surface area contributed by atoms with Crippen LogP contribution in [0.4, 0.5) is 0 Å². The molecule has 0 radical (unpaired) electrons. The number of hydrogen-bond donors (Lipinski definition) is 0. The molecule has 0 aromatic rings. The Morgan fingerprint density at radius 2 is 1.68 bits per heavy atom. The monoisotopic (exact) mass is 313 g/mol. The number of carbonyl (C=O) groups excluding carboxylic acids is 1. The minimum absolute atomic E-state index is 0.0245. The number of hydroxylamine groups is 2. The van der Waals surface area contributed by atoms with Crippen molar-refractivity contribution in [3.05, 3.63) is 0 Å². The Hall–Kier alpha value is -0.610. The minimum atomic E-state index is -0.151. The van der Waals surface area contributed by atoms with Crippen molar-refractivity contribution in [3.63, 3.8) is 0 Å². The van der Waals surface area contributed by atoms with Crippen molar-refractivity contribution in [1.82, 2.24) is 5.06 Å². The molecule has 1 unspecified atom stereocenters. The van der Waals surface area contributed by atoms with E-state index in [1.807, 2.05) is 6.92 Å². The maximum Gasteiger partial charge on any atom is 0.305 e. The predicted octanol–water partition coefficient (Wildman–Crippen LogP) is 4.47. The number of hydrogen-bond acceptors (Lipinski definition) is 4. The van der Waals surface area contributed by atoms with Crippen LogP contribution in [0, 0.1) is 0 Å². The standard InChI is InChI=1S/C18H35NO3/c1-8-11-14(9-2)22-19-17(4,5)12-15(13-18(19,6)7)21-16(20)10-3/h14-15H,8-13H2,1-7H3.